The summed E-state index contributed by atoms with van der Waals surface area (Å²) in [6.07, 6.45) is -10.2. The van der Waals surface area contributed by atoms with Crippen LogP contribution in [0.4, 0.5) is 35.1 Å². The van der Waals surface area contributed by atoms with Crippen molar-refractivity contribution >= 4 is 0 Å². The molecule has 0 atom stereocenters. The van der Waals surface area contributed by atoms with Crippen molar-refractivity contribution in [2.24, 2.45) is 0 Å². The molecule has 39 heavy (non-hydrogen) atoms. The van der Waals surface area contributed by atoms with Gasteiger partial charge in [-0.05, 0) is 57.2 Å². The zero-order chi connectivity index (χ0) is 28.2. The normalized spacial score (nSPS) is 12.4. The second-order valence-corrected chi connectivity index (χ2v) is 9.24. The van der Waals surface area contributed by atoms with Crippen molar-refractivity contribution in [2.45, 2.75) is 45.5 Å². The van der Waals surface area contributed by atoms with Gasteiger partial charge in [-0.15, -0.1) is 6.07 Å². The van der Waals surface area contributed by atoms with Gasteiger partial charge in [-0.3, -0.25) is 9.97 Å². The van der Waals surface area contributed by atoms with Crippen LogP contribution >= 0.6 is 0 Å². The Labute approximate surface area is 232 Å². The van der Waals surface area contributed by atoms with Crippen LogP contribution in [0.1, 0.15) is 47.6 Å². The van der Waals surface area contributed by atoms with Crippen LogP contribution in [-0.2, 0) is 38.8 Å². The molecule has 0 saturated carbocycles. The number of pyridine rings is 3. The van der Waals surface area contributed by atoms with Crippen LogP contribution < -0.4 is 4.98 Å². The van der Waals surface area contributed by atoms with Gasteiger partial charge in [-0.2, -0.15) is 26.3 Å². The second kappa shape index (κ2) is 10.4. The maximum Gasteiger partial charge on any atom is 2.00 e. The van der Waals surface area contributed by atoms with E-state index >= 15 is 0 Å². The van der Waals surface area contributed by atoms with E-state index in [0.29, 0.717) is 16.8 Å². The van der Waals surface area contributed by atoms with Gasteiger partial charge >= 0.3 is 33.4 Å². The Balaban J connectivity index is 0.00000420. The number of hydrogen-bond acceptors (Lipinski definition) is 3. The molecule has 208 valence electrons. The van der Waals surface area contributed by atoms with E-state index < -0.39 is 52.3 Å². The van der Waals surface area contributed by atoms with Gasteiger partial charge in [0.2, 0.25) is 0 Å². The predicted molar refractivity (Wildman–Crippen MR) is 121 cm³/mol. The molecular formula is C26H18F8N4Pt. The van der Waals surface area contributed by atoms with Crippen molar-refractivity contribution in [2.75, 3.05) is 0 Å². The van der Waals surface area contributed by atoms with Crippen molar-refractivity contribution in [1.82, 2.24) is 19.9 Å². The Hall–Kier alpha value is -3.14. The van der Waals surface area contributed by atoms with Crippen molar-refractivity contribution in [3.8, 4) is 22.6 Å². The molecule has 13 heteroatoms. The molecule has 4 aromatic heterocycles. The van der Waals surface area contributed by atoms with E-state index in [0.717, 1.165) is 6.07 Å². The summed E-state index contributed by atoms with van der Waals surface area (Å²) in [7, 11) is 0. The molecule has 4 rings (SSSR count). The summed E-state index contributed by atoms with van der Waals surface area (Å²) < 4.78 is 108. The zero-order valence-corrected chi connectivity index (χ0v) is 22.9. The minimum atomic E-state index is -5.11. The zero-order valence-electron chi connectivity index (χ0n) is 20.6. The van der Waals surface area contributed by atoms with Gasteiger partial charge in [-0.25, -0.2) is 8.78 Å². The monoisotopic (exact) mass is 733 g/mol. The number of aryl methyl sites for hydroxylation is 2. The first-order chi connectivity index (χ1) is 17.5. The van der Waals surface area contributed by atoms with Crippen LogP contribution in [0.2, 0.25) is 0 Å². The molecule has 4 nitrogen and oxygen atoms in total. The number of hydrogen-bond donors (Lipinski definition) is 0. The first-order valence-electron chi connectivity index (χ1n) is 11.0. The summed E-state index contributed by atoms with van der Waals surface area (Å²) in [5.41, 5.74) is -4.28. The summed E-state index contributed by atoms with van der Waals surface area (Å²) in [4.78, 5) is 15.1. The van der Waals surface area contributed by atoms with Gasteiger partial charge < -0.3 is 9.97 Å². The quantitative estimate of drug-likeness (QED) is 0.126. The summed E-state index contributed by atoms with van der Waals surface area (Å²) in [6.45, 7) is 6.54. The third-order valence-corrected chi connectivity index (χ3v) is 5.83. The fourth-order valence-electron chi connectivity index (χ4n) is 3.88. The fraction of sp³-hybridized carbons (Fsp3) is 0.269. The van der Waals surface area contributed by atoms with E-state index in [1.165, 1.54) is 12.1 Å². The number of alkyl halides is 6. The first-order valence-corrected chi connectivity index (χ1v) is 11.0. The molecule has 0 aliphatic carbocycles. The van der Waals surface area contributed by atoms with Gasteiger partial charge in [0.25, 0.3) is 0 Å². The van der Waals surface area contributed by atoms with Gasteiger partial charge in [0.15, 0.2) is 0 Å². The molecule has 0 saturated heterocycles. The molecule has 0 aliphatic heterocycles. The Kier molecular flexibility index (Phi) is 8.14. The van der Waals surface area contributed by atoms with E-state index in [1.807, 2.05) is 0 Å². The molecular weight excluding hydrogens is 715 g/mol. The topological polar surface area (TPSA) is 52.8 Å². The van der Waals surface area contributed by atoms with Crippen molar-refractivity contribution in [3.05, 3.63) is 88.1 Å². The molecule has 0 N–H and O–H groups in total. The van der Waals surface area contributed by atoms with Gasteiger partial charge in [-0.1, -0.05) is 40.7 Å². The Morgan fingerprint density at radius 3 is 1.79 bits per heavy atom. The van der Waals surface area contributed by atoms with Gasteiger partial charge in [0, 0.05) is 22.4 Å². The van der Waals surface area contributed by atoms with Gasteiger partial charge in [0.1, 0.15) is 11.9 Å². The number of rotatable bonds is 4. The average molecular weight is 734 g/mol. The van der Waals surface area contributed by atoms with Crippen molar-refractivity contribution in [3.63, 3.8) is 0 Å². The number of nitrogens with zero attached hydrogens (tertiary/aromatic N) is 4. The van der Waals surface area contributed by atoms with Crippen LogP contribution in [0.3, 0.4) is 0 Å². The minimum absolute atomic E-state index is 0. The second-order valence-electron chi connectivity index (χ2n) is 9.24. The molecule has 0 unspecified atom stereocenters. The molecule has 4 heterocycles. The smallest absolute Gasteiger partial charge is 0.652 e. The van der Waals surface area contributed by atoms with Crippen molar-refractivity contribution in [1.29, 1.82) is 0 Å². The fourth-order valence-corrected chi connectivity index (χ4v) is 3.88. The molecule has 0 aliphatic rings. The molecule has 0 fully saturated rings. The Bertz CT molecular complexity index is 1520. The standard InChI is InChI=1S/C26H18F8N4.Pt/c1-12-7-16(14-5-6-21(27)38-23(14)28)35-18(9-12)24(3,4)19-10-13(2)8-17(36-19)22-15(25(29,30)31)11-20(37-22)26(32,33)34;/h6-11H,1-4H3;/q-2;+2. The molecule has 4 aromatic rings. The third kappa shape index (κ3) is 6.21. The molecule has 0 amide bonds. The summed E-state index contributed by atoms with van der Waals surface area (Å²) in [6, 6.07) is 9.18. The Morgan fingerprint density at radius 1 is 0.744 bits per heavy atom. The average Bonchev–Trinajstić information content (AvgIpc) is 3.25. The van der Waals surface area contributed by atoms with Crippen LogP contribution in [-0.4, -0.2) is 15.0 Å². The van der Waals surface area contributed by atoms with Crippen molar-refractivity contribution < 1.29 is 56.2 Å². The molecule has 0 spiro atoms. The Morgan fingerprint density at radius 2 is 1.28 bits per heavy atom. The minimum Gasteiger partial charge on any atom is -0.652 e. The summed E-state index contributed by atoms with van der Waals surface area (Å²) in [5.74, 6) is -2.20. The third-order valence-electron chi connectivity index (χ3n) is 5.83. The van der Waals surface area contributed by atoms with E-state index in [2.05, 4.69) is 26.0 Å². The molecule has 0 radical (unpaired) electrons. The number of halogens is 8. The maximum absolute atomic E-state index is 14.3. The van der Waals surface area contributed by atoms with Crippen LogP contribution in [0.15, 0.2) is 36.4 Å². The largest absolute Gasteiger partial charge is 2.00 e. The molecule has 0 aromatic carbocycles. The van der Waals surface area contributed by atoms with Crippen LogP contribution in [0.5, 0.6) is 0 Å². The SMILES string of the molecule is Cc1cc(-c2[c-]cc(F)nc2F)nc(C(C)(C)c2cc(C)cc(-c3[n-]c(C(F)(F)F)cc3C(F)(F)F)n2)c1.[Pt+2]. The van der Waals surface area contributed by atoms with Gasteiger partial charge in [0.05, 0.1) is 5.69 Å². The van der Waals surface area contributed by atoms with E-state index in [-0.39, 0.29) is 44.1 Å². The first kappa shape index (κ1) is 30.4. The van der Waals surface area contributed by atoms with Crippen LogP contribution in [0, 0.1) is 31.8 Å². The molecule has 0 bridgehead atoms. The summed E-state index contributed by atoms with van der Waals surface area (Å²) in [5, 5.41) is 0. The van der Waals surface area contributed by atoms with E-state index in [4.69, 9.17) is 0 Å². The predicted octanol–water partition coefficient (Wildman–Crippen LogP) is 7.22. The summed E-state index contributed by atoms with van der Waals surface area (Å²) >= 11 is 0. The number of aromatic nitrogens is 4. The maximum atomic E-state index is 14.3. The van der Waals surface area contributed by atoms with E-state index in [9.17, 15) is 35.1 Å². The van der Waals surface area contributed by atoms with E-state index in [1.54, 1.807) is 39.8 Å². The van der Waals surface area contributed by atoms with Crippen LogP contribution in [0.25, 0.3) is 22.6 Å².